The van der Waals surface area contributed by atoms with Gasteiger partial charge < -0.3 is 15.2 Å². The van der Waals surface area contributed by atoms with Crippen LogP contribution in [0.3, 0.4) is 0 Å². The van der Waals surface area contributed by atoms with Gasteiger partial charge in [-0.2, -0.15) is 0 Å². The molecule has 0 amide bonds. The molecular formula is C10H19NO4S2. The zero-order valence-electron chi connectivity index (χ0n) is 10.3. The molecule has 0 heterocycles. The van der Waals surface area contributed by atoms with Crippen LogP contribution in [-0.2, 0) is 14.3 Å². The lowest BCUT2D eigenvalue weighted by Gasteiger charge is -2.10. The number of rotatable bonds is 9. The highest BCUT2D eigenvalue weighted by molar-refractivity contribution is 8.76. The maximum atomic E-state index is 11.1. The van der Waals surface area contributed by atoms with E-state index in [0.29, 0.717) is 18.1 Å². The van der Waals surface area contributed by atoms with Crippen molar-refractivity contribution in [3.8, 4) is 0 Å². The van der Waals surface area contributed by atoms with Crippen LogP contribution < -0.4 is 5.32 Å². The molecule has 0 bridgehead atoms. The van der Waals surface area contributed by atoms with E-state index in [4.69, 9.17) is 9.84 Å². The monoisotopic (exact) mass is 281 g/mol. The summed E-state index contributed by atoms with van der Waals surface area (Å²) < 4.78 is 4.98. The van der Waals surface area contributed by atoms with E-state index >= 15 is 0 Å². The Labute approximate surface area is 109 Å². The van der Waals surface area contributed by atoms with Crippen molar-refractivity contribution in [2.75, 3.05) is 25.2 Å². The molecule has 2 N–H and O–H groups in total. The summed E-state index contributed by atoms with van der Waals surface area (Å²) in [7, 11) is 4.58. The zero-order chi connectivity index (χ0) is 13.3. The summed E-state index contributed by atoms with van der Waals surface area (Å²) in [6.45, 7) is 3.94. The molecule has 0 spiro atoms. The first-order chi connectivity index (χ1) is 7.99. The van der Waals surface area contributed by atoms with Crippen molar-refractivity contribution in [3.05, 3.63) is 0 Å². The van der Waals surface area contributed by atoms with Gasteiger partial charge in [0.15, 0.2) is 0 Å². The number of hydrogen-bond acceptors (Lipinski definition) is 6. The van der Waals surface area contributed by atoms with Gasteiger partial charge in [-0.05, 0) is 7.05 Å². The largest absolute Gasteiger partial charge is 0.480 e. The van der Waals surface area contributed by atoms with E-state index in [9.17, 15) is 9.59 Å². The predicted molar refractivity (Wildman–Crippen MR) is 71.2 cm³/mol. The Morgan fingerprint density at radius 1 is 1.35 bits per heavy atom. The first-order valence-electron chi connectivity index (χ1n) is 5.30. The first-order valence-corrected chi connectivity index (χ1v) is 7.79. The van der Waals surface area contributed by atoms with Gasteiger partial charge in [-0.15, -0.1) is 0 Å². The Morgan fingerprint density at radius 2 is 2.00 bits per heavy atom. The molecule has 1 unspecified atom stereocenters. The van der Waals surface area contributed by atoms with Crippen molar-refractivity contribution in [2.24, 2.45) is 5.92 Å². The number of aliphatic carboxylic acids is 1. The second-order valence-corrected chi connectivity index (χ2v) is 6.24. The minimum atomic E-state index is -0.855. The Kier molecular flexibility index (Phi) is 9.39. The molecule has 0 aliphatic heterocycles. The SMILES string of the molecule is CNC(CSSCCOC(=O)C(C)C)C(=O)O. The molecule has 17 heavy (non-hydrogen) atoms. The summed E-state index contributed by atoms with van der Waals surface area (Å²) >= 11 is 0. The zero-order valence-corrected chi connectivity index (χ0v) is 11.9. The minimum Gasteiger partial charge on any atom is -0.480 e. The number of hydrogen-bond donors (Lipinski definition) is 2. The van der Waals surface area contributed by atoms with E-state index in [1.165, 1.54) is 21.6 Å². The normalized spacial score (nSPS) is 12.5. The predicted octanol–water partition coefficient (Wildman–Crippen LogP) is 1.24. The Morgan fingerprint density at radius 3 is 2.47 bits per heavy atom. The lowest BCUT2D eigenvalue weighted by Crippen LogP contribution is -2.35. The Bertz CT molecular complexity index is 248. The van der Waals surface area contributed by atoms with Crippen LogP contribution in [0.25, 0.3) is 0 Å². The van der Waals surface area contributed by atoms with Crippen LogP contribution in [0, 0.1) is 5.92 Å². The van der Waals surface area contributed by atoms with E-state index in [2.05, 4.69) is 5.32 Å². The fraction of sp³-hybridized carbons (Fsp3) is 0.800. The van der Waals surface area contributed by atoms with Crippen LogP contribution in [-0.4, -0.2) is 48.2 Å². The Hall–Kier alpha value is -0.400. The van der Waals surface area contributed by atoms with Crippen molar-refractivity contribution >= 4 is 33.5 Å². The first kappa shape index (κ1) is 16.6. The molecule has 0 saturated heterocycles. The molecule has 0 aromatic rings. The number of carbonyl (C=O) groups excluding carboxylic acids is 1. The number of carboxylic acids is 1. The molecule has 0 aromatic carbocycles. The molecule has 7 heteroatoms. The molecule has 0 aromatic heterocycles. The van der Waals surface area contributed by atoms with Gasteiger partial charge >= 0.3 is 11.9 Å². The quantitative estimate of drug-likeness (QED) is 0.374. The number of nitrogens with one attached hydrogen (secondary N) is 1. The van der Waals surface area contributed by atoms with Crippen molar-refractivity contribution in [1.82, 2.24) is 5.32 Å². The second kappa shape index (κ2) is 9.61. The molecule has 0 aliphatic carbocycles. The summed E-state index contributed by atoms with van der Waals surface area (Å²) in [6.07, 6.45) is 0. The van der Waals surface area contributed by atoms with Crippen LogP contribution >= 0.6 is 21.6 Å². The molecular weight excluding hydrogens is 262 g/mol. The third kappa shape index (κ3) is 8.34. The Balaban J connectivity index is 3.46. The summed E-state index contributed by atoms with van der Waals surface area (Å²) in [5.74, 6) is -0.0113. The fourth-order valence-electron chi connectivity index (χ4n) is 0.796. The van der Waals surface area contributed by atoms with Gasteiger partial charge in [-0.3, -0.25) is 9.59 Å². The van der Waals surface area contributed by atoms with Crippen molar-refractivity contribution in [2.45, 2.75) is 19.9 Å². The summed E-state index contributed by atoms with van der Waals surface area (Å²) in [5.41, 5.74) is 0. The third-order valence-corrected chi connectivity index (χ3v) is 4.22. The van der Waals surface area contributed by atoms with E-state index in [0.717, 1.165) is 0 Å². The van der Waals surface area contributed by atoms with Gasteiger partial charge in [-0.1, -0.05) is 35.4 Å². The third-order valence-electron chi connectivity index (χ3n) is 1.85. The van der Waals surface area contributed by atoms with Gasteiger partial charge in [0, 0.05) is 11.5 Å². The van der Waals surface area contributed by atoms with Crippen LogP contribution in [0.4, 0.5) is 0 Å². The summed E-state index contributed by atoms with van der Waals surface area (Å²) in [4.78, 5) is 21.8. The van der Waals surface area contributed by atoms with E-state index < -0.39 is 12.0 Å². The lowest BCUT2D eigenvalue weighted by atomic mass is 10.2. The summed E-state index contributed by atoms with van der Waals surface area (Å²) in [6, 6.07) is -0.536. The molecule has 0 radical (unpaired) electrons. The molecule has 1 atom stereocenters. The summed E-state index contributed by atoms with van der Waals surface area (Å²) in [5, 5.41) is 11.5. The van der Waals surface area contributed by atoms with Gasteiger partial charge in [0.05, 0.1) is 5.92 Å². The number of likely N-dealkylation sites (N-methyl/N-ethyl adjacent to an activating group) is 1. The van der Waals surface area contributed by atoms with E-state index in [1.807, 2.05) is 0 Å². The van der Waals surface area contributed by atoms with Crippen LogP contribution in [0.1, 0.15) is 13.8 Å². The van der Waals surface area contributed by atoms with Crippen LogP contribution in [0.15, 0.2) is 0 Å². The van der Waals surface area contributed by atoms with Crippen molar-refractivity contribution in [1.29, 1.82) is 0 Å². The lowest BCUT2D eigenvalue weighted by molar-refractivity contribution is -0.146. The molecule has 5 nitrogen and oxygen atoms in total. The van der Waals surface area contributed by atoms with E-state index in [1.54, 1.807) is 20.9 Å². The van der Waals surface area contributed by atoms with Gasteiger partial charge in [0.2, 0.25) is 0 Å². The number of esters is 1. The number of carbonyl (C=O) groups is 2. The fourth-order valence-corrected chi connectivity index (χ4v) is 2.86. The van der Waals surface area contributed by atoms with Crippen molar-refractivity contribution < 1.29 is 19.4 Å². The molecule has 0 rings (SSSR count). The maximum Gasteiger partial charge on any atom is 0.321 e. The minimum absolute atomic E-state index is 0.103. The van der Waals surface area contributed by atoms with Crippen LogP contribution in [0.2, 0.25) is 0 Å². The van der Waals surface area contributed by atoms with Gasteiger partial charge in [0.25, 0.3) is 0 Å². The molecule has 100 valence electrons. The van der Waals surface area contributed by atoms with Crippen molar-refractivity contribution in [3.63, 3.8) is 0 Å². The molecule has 0 aliphatic rings. The molecule has 0 saturated carbocycles. The van der Waals surface area contributed by atoms with Crippen LogP contribution in [0.5, 0.6) is 0 Å². The highest BCUT2D eigenvalue weighted by Crippen LogP contribution is 2.21. The standard InChI is InChI=1S/C10H19NO4S2/c1-7(2)10(14)15-4-5-16-17-6-8(11-3)9(12)13/h7-8,11H,4-6H2,1-3H3,(H,12,13). The maximum absolute atomic E-state index is 11.1. The second-order valence-electron chi connectivity index (χ2n) is 3.61. The average molecular weight is 281 g/mol. The highest BCUT2D eigenvalue weighted by Gasteiger charge is 2.14. The number of ether oxygens (including phenoxy) is 1. The number of carboxylic acid groups (broad SMARTS) is 1. The smallest absolute Gasteiger partial charge is 0.321 e. The highest BCUT2D eigenvalue weighted by atomic mass is 33.1. The molecule has 0 fully saturated rings. The van der Waals surface area contributed by atoms with Gasteiger partial charge in [-0.25, -0.2) is 0 Å². The van der Waals surface area contributed by atoms with E-state index in [-0.39, 0.29) is 11.9 Å². The topological polar surface area (TPSA) is 75.6 Å². The van der Waals surface area contributed by atoms with Gasteiger partial charge in [0.1, 0.15) is 12.6 Å². The average Bonchev–Trinajstić information content (AvgIpc) is 2.27.